The Labute approximate surface area is 131 Å². The number of nitrogens with zero attached hydrogens (tertiary/aromatic N) is 4. The van der Waals surface area contributed by atoms with Crippen molar-refractivity contribution in [1.82, 2.24) is 14.9 Å². The van der Waals surface area contributed by atoms with Gasteiger partial charge in [0, 0.05) is 51.1 Å². The van der Waals surface area contributed by atoms with Gasteiger partial charge in [0.25, 0.3) is 0 Å². The predicted molar refractivity (Wildman–Crippen MR) is 83.7 cm³/mol. The number of likely N-dealkylation sites (tertiary alicyclic amines) is 1. The first kappa shape index (κ1) is 15.2. The number of methoxy groups -OCH3 is 1. The van der Waals surface area contributed by atoms with Gasteiger partial charge in [-0.25, -0.2) is 9.97 Å². The van der Waals surface area contributed by atoms with E-state index in [2.05, 4.69) is 19.8 Å². The van der Waals surface area contributed by atoms with E-state index in [9.17, 15) is 4.79 Å². The summed E-state index contributed by atoms with van der Waals surface area (Å²) in [6.07, 6.45) is 8.33. The number of anilines is 1. The summed E-state index contributed by atoms with van der Waals surface area (Å²) >= 11 is 0. The van der Waals surface area contributed by atoms with E-state index in [1.54, 1.807) is 19.5 Å². The molecular formula is C16H24N4O2. The molecule has 120 valence electrons. The Morgan fingerprint density at radius 3 is 2.82 bits per heavy atom. The minimum atomic E-state index is 0.0130. The van der Waals surface area contributed by atoms with Gasteiger partial charge in [-0.1, -0.05) is 0 Å². The molecule has 1 spiro atoms. The maximum atomic E-state index is 12.2. The summed E-state index contributed by atoms with van der Waals surface area (Å²) in [6, 6.07) is 1.84. The predicted octanol–water partition coefficient (Wildman–Crippen LogP) is 1.47. The topological polar surface area (TPSA) is 58.6 Å². The van der Waals surface area contributed by atoms with Crippen molar-refractivity contribution in [2.75, 3.05) is 38.3 Å². The molecule has 2 aliphatic heterocycles. The molecule has 6 heteroatoms. The second-order valence-corrected chi connectivity index (χ2v) is 6.15. The van der Waals surface area contributed by atoms with Crippen LogP contribution in [0, 0.1) is 0 Å². The van der Waals surface area contributed by atoms with Crippen molar-refractivity contribution in [2.24, 2.45) is 0 Å². The maximum Gasteiger partial charge on any atom is 0.225 e. The lowest BCUT2D eigenvalue weighted by molar-refractivity contribution is -0.132. The highest BCUT2D eigenvalue weighted by molar-refractivity contribution is 5.79. The first-order chi connectivity index (χ1) is 10.7. The summed E-state index contributed by atoms with van der Waals surface area (Å²) < 4.78 is 5.18. The van der Waals surface area contributed by atoms with Crippen LogP contribution in [-0.4, -0.2) is 59.7 Å². The van der Waals surface area contributed by atoms with Gasteiger partial charge in [-0.3, -0.25) is 4.79 Å². The average molecular weight is 304 g/mol. The molecule has 2 aliphatic rings. The number of hydrogen-bond acceptors (Lipinski definition) is 5. The third-order valence-corrected chi connectivity index (χ3v) is 4.95. The lowest BCUT2D eigenvalue weighted by atomic mass is 9.88. The molecule has 3 rings (SSSR count). The molecule has 0 aliphatic carbocycles. The summed E-state index contributed by atoms with van der Waals surface area (Å²) in [4.78, 5) is 25.3. The zero-order chi connectivity index (χ0) is 15.4. The van der Waals surface area contributed by atoms with E-state index in [1.165, 1.54) is 0 Å². The van der Waals surface area contributed by atoms with Crippen LogP contribution in [0.2, 0.25) is 0 Å². The van der Waals surface area contributed by atoms with Gasteiger partial charge in [-0.15, -0.1) is 0 Å². The Hall–Kier alpha value is -1.69. The Kier molecular flexibility index (Phi) is 4.57. The normalized spacial score (nSPS) is 25.8. The van der Waals surface area contributed by atoms with Gasteiger partial charge in [-0.2, -0.15) is 0 Å². The molecule has 0 radical (unpaired) electrons. The first-order valence-corrected chi connectivity index (χ1v) is 8.07. The molecule has 0 aromatic carbocycles. The van der Waals surface area contributed by atoms with Gasteiger partial charge in [0.2, 0.25) is 11.9 Å². The number of amides is 1. The Balaban J connectivity index is 1.72. The second-order valence-electron chi connectivity index (χ2n) is 6.15. The van der Waals surface area contributed by atoms with Gasteiger partial charge in [0.05, 0.1) is 6.61 Å². The minimum Gasteiger partial charge on any atom is -0.383 e. The van der Waals surface area contributed by atoms with E-state index in [0.717, 1.165) is 44.7 Å². The zero-order valence-corrected chi connectivity index (χ0v) is 13.2. The Morgan fingerprint density at radius 1 is 1.23 bits per heavy atom. The third kappa shape index (κ3) is 2.92. The van der Waals surface area contributed by atoms with E-state index < -0.39 is 0 Å². The van der Waals surface area contributed by atoms with Crippen LogP contribution in [0.4, 0.5) is 5.95 Å². The van der Waals surface area contributed by atoms with Gasteiger partial charge in [-0.05, 0) is 31.7 Å². The molecule has 2 saturated heterocycles. The van der Waals surface area contributed by atoms with Gasteiger partial charge < -0.3 is 14.5 Å². The highest BCUT2D eigenvalue weighted by Gasteiger charge is 2.45. The van der Waals surface area contributed by atoms with Gasteiger partial charge in [0.15, 0.2) is 0 Å². The van der Waals surface area contributed by atoms with Crippen molar-refractivity contribution in [3.8, 4) is 0 Å². The van der Waals surface area contributed by atoms with Gasteiger partial charge >= 0.3 is 0 Å². The summed E-state index contributed by atoms with van der Waals surface area (Å²) in [5.41, 5.74) is 0.0130. The van der Waals surface area contributed by atoms with Crippen molar-refractivity contribution < 1.29 is 9.53 Å². The number of rotatable bonds is 4. The highest BCUT2D eigenvalue weighted by Crippen LogP contribution is 2.39. The fourth-order valence-corrected chi connectivity index (χ4v) is 3.77. The Morgan fingerprint density at radius 2 is 2.05 bits per heavy atom. The molecule has 2 fully saturated rings. The second kappa shape index (κ2) is 6.60. The number of carbonyl (C=O) groups excluding carboxylic acids is 1. The van der Waals surface area contributed by atoms with Crippen molar-refractivity contribution in [2.45, 2.75) is 37.6 Å². The van der Waals surface area contributed by atoms with Gasteiger partial charge in [0.1, 0.15) is 0 Å². The quantitative estimate of drug-likeness (QED) is 0.843. The lowest BCUT2D eigenvalue weighted by Gasteiger charge is -2.38. The minimum absolute atomic E-state index is 0.0130. The zero-order valence-electron chi connectivity index (χ0n) is 13.2. The molecule has 0 N–H and O–H groups in total. The summed E-state index contributed by atoms with van der Waals surface area (Å²) in [5, 5.41) is 0. The van der Waals surface area contributed by atoms with E-state index in [0.29, 0.717) is 19.6 Å². The molecule has 0 saturated carbocycles. The number of hydrogen-bond donors (Lipinski definition) is 0. The third-order valence-electron chi connectivity index (χ3n) is 4.95. The van der Waals surface area contributed by atoms with E-state index >= 15 is 0 Å². The summed E-state index contributed by atoms with van der Waals surface area (Å²) in [5.74, 6) is 1.08. The fraction of sp³-hybridized carbons (Fsp3) is 0.688. The number of ether oxygens (including phenoxy) is 1. The standard InChI is InChI=1S/C16H24N4O2/c1-22-13-12-20-14(21)4-6-16(20)5-2-10-19(11-7-16)15-17-8-3-9-18-15/h3,8-9H,2,4-7,10-13H2,1H3/t16-/m0/s1. The molecule has 1 amide bonds. The lowest BCUT2D eigenvalue weighted by Crippen LogP contribution is -2.47. The van der Waals surface area contributed by atoms with Crippen LogP contribution in [0.5, 0.6) is 0 Å². The van der Waals surface area contributed by atoms with E-state index in [1.807, 2.05) is 6.07 Å². The monoisotopic (exact) mass is 304 g/mol. The maximum absolute atomic E-state index is 12.2. The average Bonchev–Trinajstić information content (AvgIpc) is 2.73. The fourth-order valence-electron chi connectivity index (χ4n) is 3.77. The summed E-state index contributed by atoms with van der Waals surface area (Å²) in [6.45, 7) is 3.18. The Bertz CT molecular complexity index is 510. The van der Waals surface area contributed by atoms with Crippen LogP contribution in [-0.2, 0) is 9.53 Å². The van der Waals surface area contributed by atoms with Crippen LogP contribution in [0.3, 0.4) is 0 Å². The first-order valence-electron chi connectivity index (χ1n) is 8.07. The van der Waals surface area contributed by atoms with Crippen LogP contribution >= 0.6 is 0 Å². The van der Waals surface area contributed by atoms with Crippen molar-refractivity contribution in [3.63, 3.8) is 0 Å². The molecular weight excluding hydrogens is 280 g/mol. The molecule has 6 nitrogen and oxygen atoms in total. The molecule has 3 heterocycles. The molecule has 22 heavy (non-hydrogen) atoms. The van der Waals surface area contributed by atoms with Crippen LogP contribution in [0.15, 0.2) is 18.5 Å². The van der Waals surface area contributed by atoms with E-state index in [4.69, 9.17) is 4.74 Å². The van der Waals surface area contributed by atoms with E-state index in [-0.39, 0.29) is 11.4 Å². The smallest absolute Gasteiger partial charge is 0.225 e. The molecule has 1 aromatic rings. The SMILES string of the molecule is COCCN1C(=O)CC[C@]12CCCN(c1ncccn1)CC2. The van der Waals surface area contributed by atoms with Crippen molar-refractivity contribution in [1.29, 1.82) is 0 Å². The highest BCUT2D eigenvalue weighted by atomic mass is 16.5. The van der Waals surface area contributed by atoms with Crippen molar-refractivity contribution in [3.05, 3.63) is 18.5 Å². The molecule has 1 atom stereocenters. The largest absolute Gasteiger partial charge is 0.383 e. The van der Waals surface area contributed by atoms with Crippen molar-refractivity contribution >= 4 is 11.9 Å². The molecule has 1 aromatic heterocycles. The molecule has 0 unspecified atom stereocenters. The van der Waals surface area contributed by atoms with Crippen LogP contribution < -0.4 is 4.90 Å². The number of aromatic nitrogens is 2. The van der Waals surface area contributed by atoms with Crippen LogP contribution in [0.25, 0.3) is 0 Å². The molecule has 0 bridgehead atoms. The van der Waals surface area contributed by atoms with Crippen LogP contribution in [0.1, 0.15) is 32.1 Å². The number of carbonyl (C=O) groups is 1. The summed E-state index contributed by atoms with van der Waals surface area (Å²) in [7, 11) is 1.69.